The number of anilines is 1. The molecule has 0 unspecified atom stereocenters. The highest BCUT2D eigenvalue weighted by Gasteiger charge is 2.33. The predicted molar refractivity (Wildman–Crippen MR) is 86.2 cm³/mol. The van der Waals surface area contributed by atoms with Gasteiger partial charge in [0.25, 0.3) is 10.0 Å². The Hall–Kier alpha value is -2.55. The third kappa shape index (κ3) is 4.50. The summed E-state index contributed by atoms with van der Waals surface area (Å²) >= 11 is 0. The summed E-state index contributed by atoms with van der Waals surface area (Å²) in [5.41, 5.74) is 4.22. The summed E-state index contributed by atoms with van der Waals surface area (Å²) in [5, 5.41) is 0. The van der Waals surface area contributed by atoms with Crippen molar-refractivity contribution in [3.8, 4) is 0 Å². The molecule has 0 aliphatic carbocycles. The topological polar surface area (TPSA) is 80.5 Å². The number of para-hydroxylation sites is 1. The van der Waals surface area contributed by atoms with Gasteiger partial charge in [-0.1, -0.05) is 24.3 Å². The maximum atomic E-state index is 12.9. The van der Waals surface area contributed by atoms with Crippen LogP contribution in [0.15, 0.2) is 59.5 Å². The molecule has 0 bridgehead atoms. The first-order valence-corrected chi connectivity index (χ1v) is 8.60. The van der Waals surface area contributed by atoms with E-state index in [1.807, 2.05) is 0 Å². The highest BCUT2D eigenvalue weighted by Crippen LogP contribution is 2.32. The van der Waals surface area contributed by atoms with Crippen LogP contribution in [0.3, 0.4) is 0 Å². The molecule has 0 saturated heterocycles. The van der Waals surface area contributed by atoms with Gasteiger partial charge in [0, 0.05) is 13.0 Å². The van der Waals surface area contributed by atoms with Crippen LogP contribution < -0.4 is 10.0 Å². The van der Waals surface area contributed by atoms with Crippen LogP contribution in [0.5, 0.6) is 0 Å². The molecule has 0 radical (unpaired) electrons. The summed E-state index contributed by atoms with van der Waals surface area (Å²) in [6.45, 7) is -0.280. The zero-order chi connectivity index (χ0) is 18.7. The van der Waals surface area contributed by atoms with Crippen LogP contribution >= 0.6 is 0 Å². The Labute approximate surface area is 142 Å². The zero-order valence-electron chi connectivity index (χ0n) is 12.9. The summed E-state index contributed by atoms with van der Waals surface area (Å²) in [5.74, 6) is -0.722. The smallest absolute Gasteiger partial charge is 0.370 e. The van der Waals surface area contributed by atoms with E-state index in [4.69, 9.17) is 5.73 Å². The minimum absolute atomic E-state index is 0.223. The summed E-state index contributed by atoms with van der Waals surface area (Å²) in [7, 11) is -4.31. The van der Waals surface area contributed by atoms with E-state index in [-0.39, 0.29) is 18.7 Å². The molecule has 134 valence electrons. The number of alkyl halides is 3. The second-order valence-electron chi connectivity index (χ2n) is 5.15. The molecule has 9 heteroatoms. The Balaban J connectivity index is 2.50. The minimum Gasteiger partial charge on any atom is -0.370 e. The van der Waals surface area contributed by atoms with Crippen molar-refractivity contribution in [1.82, 2.24) is 0 Å². The number of hydrogen-bond donors (Lipinski definition) is 1. The van der Waals surface area contributed by atoms with Crippen molar-refractivity contribution < 1.29 is 26.4 Å². The van der Waals surface area contributed by atoms with Crippen LogP contribution in [0, 0.1) is 0 Å². The van der Waals surface area contributed by atoms with E-state index in [1.54, 1.807) is 18.2 Å². The molecule has 0 aromatic heterocycles. The molecule has 0 aliphatic rings. The van der Waals surface area contributed by atoms with Crippen molar-refractivity contribution in [3.63, 3.8) is 0 Å². The van der Waals surface area contributed by atoms with Gasteiger partial charge in [0.05, 0.1) is 16.1 Å². The van der Waals surface area contributed by atoms with E-state index in [0.29, 0.717) is 6.07 Å². The van der Waals surface area contributed by atoms with Gasteiger partial charge in [0.2, 0.25) is 5.91 Å². The van der Waals surface area contributed by atoms with E-state index in [2.05, 4.69) is 0 Å². The fraction of sp³-hybridized carbons (Fsp3) is 0.188. The lowest BCUT2D eigenvalue weighted by Gasteiger charge is -2.24. The summed E-state index contributed by atoms with van der Waals surface area (Å²) in [6, 6.07) is 11.2. The van der Waals surface area contributed by atoms with Crippen molar-refractivity contribution in [2.75, 3.05) is 10.8 Å². The number of benzene rings is 2. The Morgan fingerprint density at radius 2 is 1.68 bits per heavy atom. The van der Waals surface area contributed by atoms with E-state index in [9.17, 15) is 26.4 Å². The minimum atomic E-state index is -4.67. The number of halogens is 3. The van der Waals surface area contributed by atoms with Crippen molar-refractivity contribution in [2.45, 2.75) is 17.5 Å². The number of nitrogens with two attached hydrogens (primary N) is 1. The fourth-order valence-corrected chi connectivity index (χ4v) is 3.67. The number of carbonyl (C=O) groups excluding carboxylic acids is 1. The van der Waals surface area contributed by atoms with E-state index in [1.165, 1.54) is 12.1 Å². The molecule has 25 heavy (non-hydrogen) atoms. The lowest BCUT2D eigenvalue weighted by atomic mass is 10.2. The maximum Gasteiger partial charge on any atom is 0.416 e. The third-order valence-electron chi connectivity index (χ3n) is 3.35. The van der Waals surface area contributed by atoms with Gasteiger partial charge in [-0.2, -0.15) is 13.2 Å². The Bertz CT molecular complexity index is 852. The number of rotatable bonds is 6. The number of nitrogens with zero attached hydrogens (tertiary/aromatic N) is 1. The summed E-state index contributed by atoms with van der Waals surface area (Å²) < 4.78 is 65.1. The molecule has 0 atom stereocenters. The first-order valence-electron chi connectivity index (χ1n) is 7.16. The van der Waals surface area contributed by atoms with Crippen molar-refractivity contribution in [2.24, 2.45) is 5.73 Å². The van der Waals surface area contributed by atoms with Crippen LogP contribution in [-0.2, 0) is 21.0 Å². The van der Waals surface area contributed by atoms with Gasteiger partial charge in [0.1, 0.15) is 0 Å². The zero-order valence-corrected chi connectivity index (χ0v) is 13.7. The Kier molecular flexibility index (Phi) is 5.36. The lowest BCUT2D eigenvalue weighted by molar-refractivity contribution is -0.137. The van der Waals surface area contributed by atoms with E-state index < -0.39 is 32.6 Å². The average Bonchev–Trinajstić information content (AvgIpc) is 2.55. The largest absolute Gasteiger partial charge is 0.416 e. The van der Waals surface area contributed by atoms with Gasteiger partial charge in [-0.25, -0.2) is 8.42 Å². The molecule has 5 nitrogen and oxygen atoms in total. The molecule has 0 spiro atoms. The second-order valence-corrected chi connectivity index (χ2v) is 7.02. The number of amides is 1. The van der Waals surface area contributed by atoms with Gasteiger partial charge < -0.3 is 5.73 Å². The molecule has 1 amide bonds. The van der Waals surface area contributed by atoms with E-state index >= 15 is 0 Å². The quantitative estimate of drug-likeness (QED) is 0.847. The average molecular weight is 372 g/mol. The maximum absolute atomic E-state index is 12.9. The normalized spacial score (nSPS) is 12.0. The highest BCUT2D eigenvalue weighted by molar-refractivity contribution is 7.92. The monoisotopic (exact) mass is 372 g/mol. The first kappa shape index (κ1) is 18.8. The molecule has 2 N–H and O–H groups in total. The van der Waals surface area contributed by atoms with Gasteiger partial charge in [-0.15, -0.1) is 0 Å². The molecule has 2 aromatic carbocycles. The number of sulfonamides is 1. The molecule has 0 fully saturated rings. The number of primary amides is 1. The van der Waals surface area contributed by atoms with Gasteiger partial charge in [0.15, 0.2) is 0 Å². The van der Waals surface area contributed by atoms with E-state index in [0.717, 1.165) is 22.5 Å². The van der Waals surface area contributed by atoms with Gasteiger partial charge in [-0.3, -0.25) is 9.10 Å². The number of carbonyl (C=O) groups is 1. The predicted octanol–water partition coefficient (Wildman–Crippen LogP) is 2.78. The summed E-state index contributed by atoms with van der Waals surface area (Å²) in [6.07, 6.45) is -4.94. The van der Waals surface area contributed by atoms with Crippen LogP contribution in [0.4, 0.5) is 18.9 Å². The Morgan fingerprint density at radius 3 is 2.24 bits per heavy atom. The van der Waals surface area contributed by atoms with Crippen LogP contribution in [-0.4, -0.2) is 20.9 Å². The molecule has 2 rings (SSSR count). The van der Waals surface area contributed by atoms with Crippen molar-refractivity contribution >= 4 is 21.6 Å². The molecular weight excluding hydrogens is 357 g/mol. The molecule has 0 aliphatic heterocycles. The second kappa shape index (κ2) is 7.14. The van der Waals surface area contributed by atoms with Crippen LogP contribution in [0.1, 0.15) is 12.0 Å². The third-order valence-corrected chi connectivity index (χ3v) is 5.18. The molecule has 2 aromatic rings. The fourth-order valence-electron chi connectivity index (χ4n) is 2.15. The molecular formula is C16H15F3N2O3S. The van der Waals surface area contributed by atoms with Crippen molar-refractivity contribution in [3.05, 3.63) is 60.2 Å². The Morgan fingerprint density at radius 1 is 1.04 bits per heavy atom. The van der Waals surface area contributed by atoms with Gasteiger partial charge in [-0.05, 0) is 30.3 Å². The summed E-state index contributed by atoms with van der Waals surface area (Å²) in [4.78, 5) is 10.5. The molecule has 0 heterocycles. The van der Waals surface area contributed by atoms with Crippen LogP contribution in [0.2, 0.25) is 0 Å². The first-order chi connectivity index (χ1) is 11.6. The number of hydrogen-bond acceptors (Lipinski definition) is 3. The standard InChI is InChI=1S/C16H15F3N2O3S/c17-16(18,19)12-5-4-8-14(11-12)25(23,24)21(10-9-15(20)22)13-6-2-1-3-7-13/h1-8,11H,9-10H2,(H2,20,22). The van der Waals surface area contributed by atoms with Crippen LogP contribution in [0.25, 0.3) is 0 Å². The highest BCUT2D eigenvalue weighted by atomic mass is 32.2. The van der Waals surface area contributed by atoms with Crippen molar-refractivity contribution in [1.29, 1.82) is 0 Å². The SMILES string of the molecule is NC(=O)CCN(c1ccccc1)S(=O)(=O)c1cccc(C(F)(F)F)c1. The molecule has 0 saturated carbocycles. The van der Waals surface area contributed by atoms with Gasteiger partial charge >= 0.3 is 6.18 Å². The lowest BCUT2D eigenvalue weighted by Crippen LogP contribution is -2.34.